The Morgan fingerprint density at radius 3 is 2.44 bits per heavy atom. The van der Waals surface area contributed by atoms with Crippen LogP contribution in [0.2, 0.25) is 0 Å². The van der Waals surface area contributed by atoms with E-state index < -0.39 is 0 Å². The third-order valence-corrected chi connectivity index (χ3v) is 2.75. The van der Waals surface area contributed by atoms with Gasteiger partial charge >= 0.3 is 0 Å². The van der Waals surface area contributed by atoms with Gasteiger partial charge in [-0.25, -0.2) is 0 Å². The summed E-state index contributed by atoms with van der Waals surface area (Å²) in [5.41, 5.74) is 8.76. The monoisotopic (exact) mass is 249 g/mol. The van der Waals surface area contributed by atoms with Gasteiger partial charge in [-0.3, -0.25) is 0 Å². The van der Waals surface area contributed by atoms with E-state index in [4.69, 9.17) is 10.9 Å². The molecule has 0 atom stereocenters. The molecule has 100 valence electrons. The van der Waals surface area contributed by atoms with Crippen molar-refractivity contribution in [3.05, 3.63) is 29.3 Å². The molecule has 1 aromatic rings. The van der Waals surface area contributed by atoms with Crippen molar-refractivity contribution in [2.45, 2.75) is 27.7 Å². The summed E-state index contributed by atoms with van der Waals surface area (Å²) in [7, 11) is 2.07. The average Bonchev–Trinajstić information content (AvgIpc) is 2.25. The van der Waals surface area contributed by atoms with Crippen molar-refractivity contribution < 1.29 is 5.21 Å². The molecule has 0 aliphatic carbocycles. The third-order valence-electron chi connectivity index (χ3n) is 2.75. The predicted molar refractivity (Wildman–Crippen MR) is 76.4 cm³/mol. The molecule has 0 saturated carbocycles. The normalized spacial score (nSPS) is 12.6. The molecule has 0 aliphatic heterocycles. The van der Waals surface area contributed by atoms with Crippen molar-refractivity contribution in [3.63, 3.8) is 0 Å². The van der Waals surface area contributed by atoms with Crippen LogP contribution in [0.1, 0.15) is 31.9 Å². The molecule has 1 rings (SSSR count). The third kappa shape index (κ3) is 3.65. The van der Waals surface area contributed by atoms with Crippen LogP contribution in [-0.2, 0) is 0 Å². The van der Waals surface area contributed by atoms with Gasteiger partial charge in [-0.1, -0.05) is 25.9 Å². The van der Waals surface area contributed by atoms with Crippen LogP contribution in [0.15, 0.2) is 23.4 Å². The molecule has 0 radical (unpaired) electrons. The fraction of sp³-hybridized carbons (Fsp3) is 0.500. The SMILES string of the molecule is Cc1cc(N(C)CC(C)(C)C)ccc1/C(N)=N/O. The Labute approximate surface area is 109 Å². The van der Waals surface area contributed by atoms with Crippen LogP contribution in [0.4, 0.5) is 5.69 Å². The van der Waals surface area contributed by atoms with E-state index in [0.717, 1.165) is 23.4 Å². The number of oxime groups is 1. The van der Waals surface area contributed by atoms with E-state index in [0.29, 0.717) is 0 Å². The van der Waals surface area contributed by atoms with Gasteiger partial charge in [0.15, 0.2) is 5.84 Å². The van der Waals surface area contributed by atoms with Crippen LogP contribution in [-0.4, -0.2) is 24.6 Å². The van der Waals surface area contributed by atoms with E-state index in [1.54, 1.807) is 0 Å². The molecule has 0 fully saturated rings. The molecule has 4 heteroatoms. The number of aryl methyl sites for hydroxylation is 1. The van der Waals surface area contributed by atoms with Crippen LogP contribution in [0.25, 0.3) is 0 Å². The first-order valence-corrected chi connectivity index (χ1v) is 6.04. The van der Waals surface area contributed by atoms with Gasteiger partial charge in [0, 0.05) is 24.8 Å². The number of benzene rings is 1. The summed E-state index contributed by atoms with van der Waals surface area (Å²) in [6, 6.07) is 5.93. The lowest BCUT2D eigenvalue weighted by Crippen LogP contribution is -2.29. The van der Waals surface area contributed by atoms with Crippen molar-refractivity contribution in [1.82, 2.24) is 0 Å². The molecular weight excluding hydrogens is 226 g/mol. The second-order valence-corrected chi connectivity index (χ2v) is 5.90. The van der Waals surface area contributed by atoms with Crippen molar-refractivity contribution >= 4 is 11.5 Å². The molecular formula is C14H23N3O. The number of hydrogen-bond acceptors (Lipinski definition) is 3. The summed E-state index contributed by atoms with van der Waals surface area (Å²) in [6.45, 7) is 9.56. The molecule has 1 aromatic carbocycles. The molecule has 0 heterocycles. The molecule has 0 amide bonds. The quantitative estimate of drug-likeness (QED) is 0.374. The maximum absolute atomic E-state index is 8.70. The van der Waals surface area contributed by atoms with Crippen LogP contribution in [0, 0.1) is 12.3 Å². The number of rotatable bonds is 3. The lowest BCUT2D eigenvalue weighted by molar-refractivity contribution is 0.318. The zero-order chi connectivity index (χ0) is 13.9. The van der Waals surface area contributed by atoms with Crippen LogP contribution in [0.3, 0.4) is 0 Å². The number of hydrogen-bond donors (Lipinski definition) is 2. The average molecular weight is 249 g/mol. The van der Waals surface area contributed by atoms with E-state index in [1.807, 2.05) is 19.1 Å². The van der Waals surface area contributed by atoms with Crippen molar-refractivity contribution in [3.8, 4) is 0 Å². The highest BCUT2D eigenvalue weighted by molar-refractivity contribution is 5.98. The van der Waals surface area contributed by atoms with Gasteiger partial charge in [-0.05, 0) is 36.1 Å². The maximum Gasteiger partial charge on any atom is 0.170 e. The predicted octanol–water partition coefficient (Wildman–Crippen LogP) is 2.57. The van der Waals surface area contributed by atoms with Crippen molar-refractivity contribution in [1.29, 1.82) is 0 Å². The molecule has 4 nitrogen and oxygen atoms in total. The molecule has 0 saturated heterocycles. The fourth-order valence-corrected chi connectivity index (χ4v) is 2.03. The Balaban J connectivity index is 2.98. The van der Waals surface area contributed by atoms with Crippen LogP contribution < -0.4 is 10.6 Å². The maximum atomic E-state index is 8.70. The first kappa shape index (κ1) is 14.4. The second kappa shape index (κ2) is 5.29. The highest BCUT2D eigenvalue weighted by atomic mass is 16.4. The van der Waals surface area contributed by atoms with Gasteiger partial charge in [-0.2, -0.15) is 0 Å². The first-order chi connectivity index (χ1) is 8.24. The minimum atomic E-state index is 0.150. The smallest absolute Gasteiger partial charge is 0.170 e. The topological polar surface area (TPSA) is 61.8 Å². The fourth-order valence-electron chi connectivity index (χ4n) is 2.03. The molecule has 0 bridgehead atoms. The standard InChI is InChI=1S/C14H23N3O/c1-10-8-11(17(5)9-14(2,3)4)6-7-12(10)13(15)16-18/h6-8,18H,9H2,1-5H3,(H2,15,16). The van der Waals surface area contributed by atoms with Gasteiger partial charge in [0.25, 0.3) is 0 Å². The Morgan fingerprint density at radius 1 is 1.39 bits per heavy atom. The van der Waals surface area contributed by atoms with Gasteiger partial charge in [0.05, 0.1) is 0 Å². The highest BCUT2D eigenvalue weighted by Crippen LogP contribution is 2.22. The van der Waals surface area contributed by atoms with E-state index in [1.165, 1.54) is 0 Å². The Hall–Kier alpha value is -1.71. The van der Waals surface area contributed by atoms with Crippen LogP contribution in [0.5, 0.6) is 0 Å². The van der Waals surface area contributed by atoms with Gasteiger partial charge in [0.1, 0.15) is 0 Å². The molecule has 0 aromatic heterocycles. The Kier molecular flexibility index (Phi) is 4.22. The summed E-state index contributed by atoms with van der Waals surface area (Å²) >= 11 is 0. The molecule has 18 heavy (non-hydrogen) atoms. The van der Waals surface area contributed by atoms with Gasteiger partial charge in [-0.15, -0.1) is 0 Å². The summed E-state index contributed by atoms with van der Waals surface area (Å²) < 4.78 is 0. The summed E-state index contributed by atoms with van der Waals surface area (Å²) in [5.74, 6) is 0.150. The van der Waals surface area contributed by atoms with Gasteiger partial charge < -0.3 is 15.8 Å². The number of amidine groups is 1. The first-order valence-electron chi connectivity index (χ1n) is 6.04. The van der Waals surface area contributed by atoms with Crippen LogP contribution >= 0.6 is 0 Å². The molecule has 0 spiro atoms. The molecule has 3 N–H and O–H groups in total. The van der Waals surface area contributed by atoms with E-state index in [2.05, 4.69) is 43.9 Å². The highest BCUT2D eigenvalue weighted by Gasteiger charge is 2.14. The molecule has 0 unspecified atom stereocenters. The number of nitrogens with two attached hydrogens (primary N) is 1. The Morgan fingerprint density at radius 2 is 2.00 bits per heavy atom. The van der Waals surface area contributed by atoms with Crippen molar-refractivity contribution in [2.24, 2.45) is 16.3 Å². The largest absolute Gasteiger partial charge is 0.409 e. The Bertz CT molecular complexity index is 447. The summed E-state index contributed by atoms with van der Waals surface area (Å²) in [6.07, 6.45) is 0. The second-order valence-electron chi connectivity index (χ2n) is 5.90. The summed E-state index contributed by atoms with van der Waals surface area (Å²) in [5, 5.41) is 11.7. The van der Waals surface area contributed by atoms with E-state index in [9.17, 15) is 0 Å². The van der Waals surface area contributed by atoms with Gasteiger partial charge in [0.2, 0.25) is 0 Å². The zero-order valence-electron chi connectivity index (χ0n) is 11.9. The zero-order valence-corrected chi connectivity index (χ0v) is 11.9. The number of anilines is 1. The lowest BCUT2D eigenvalue weighted by Gasteiger charge is -2.28. The minimum Gasteiger partial charge on any atom is -0.409 e. The minimum absolute atomic E-state index is 0.150. The lowest BCUT2D eigenvalue weighted by atomic mass is 9.96. The van der Waals surface area contributed by atoms with Crippen molar-refractivity contribution in [2.75, 3.05) is 18.5 Å². The molecule has 0 aliphatic rings. The van der Waals surface area contributed by atoms with E-state index in [-0.39, 0.29) is 11.3 Å². The number of nitrogens with zero attached hydrogens (tertiary/aromatic N) is 2. The van der Waals surface area contributed by atoms with E-state index >= 15 is 0 Å². The summed E-state index contributed by atoms with van der Waals surface area (Å²) in [4.78, 5) is 2.21.